The van der Waals surface area contributed by atoms with Crippen LogP contribution >= 0.6 is 0 Å². The molecule has 2 nitrogen and oxygen atoms in total. The molecular formula is C15H11FO2. The standard InChI is InChI=1S/C15H11FO2/c16-15(12-7-2-1-3-8-12)10-11-6-4-5-9-13(11)18-14(15)17/h1-9H,10H2. The molecule has 1 aliphatic rings. The highest BCUT2D eigenvalue weighted by Crippen LogP contribution is 2.38. The minimum atomic E-state index is -2.09. The van der Waals surface area contributed by atoms with Crippen molar-refractivity contribution in [2.45, 2.75) is 12.1 Å². The van der Waals surface area contributed by atoms with Gasteiger partial charge >= 0.3 is 5.97 Å². The first-order valence-corrected chi connectivity index (χ1v) is 5.75. The molecule has 2 aromatic rings. The van der Waals surface area contributed by atoms with E-state index in [2.05, 4.69) is 0 Å². The molecule has 18 heavy (non-hydrogen) atoms. The number of benzene rings is 2. The Kier molecular flexibility index (Phi) is 2.40. The average Bonchev–Trinajstić information content (AvgIpc) is 2.41. The van der Waals surface area contributed by atoms with Crippen LogP contribution in [-0.4, -0.2) is 5.97 Å². The predicted octanol–water partition coefficient (Wildman–Crippen LogP) is 3.01. The summed E-state index contributed by atoms with van der Waals surface area (Å²) < 4.78 is 20.0. The second-order valence-electron chi connectivity index (χ2n) is 4.34. The van der Waals surface area contributed by atoms with Crippen LogP contribution in [0.1, 0.15) is 11.1 Å². The molecule has 3 rings (SSSR count). The summed E-state index contributed by atoms with van der Waals surface area (Å²) in [5.41, 5.74) is -1.04. The van der Waals surface area contributed by atoms with Crippen molar-refractivity contribution < 1.29 is 13.9 Å². The highest BCUT2D eigenvalue weighted by atomic mass is 19.1. The monoisotopic (exact) mass is 242 g/mol. The van der Waals surface area contributed by atoms with Crippen molar-refractivity contribution >= 4 is 5.97 Å². The van der Waals surface area contributed by atoms with Crippen LogP contribution in [0.5, 0.6) is 5.75 Å². The third-order valence-electron chi connectivity index (χ3n) is 3.16. The topological polar surface area (TPSA) is 26.3 Å². The van der Waals surface area contributed by atoms with E-state index in [9.17, 15) is 9.18 Å². The first-order chi connectivity index (χ1) is 8.70. The van der Waals surface area contributed by atoms with Crippen LogP contribution in [0.15, 0.2) is 54.6 Å². The molecule has 0 aromatic heterocycles. The summed E-state index contributed by atoms with van der Waals surface area (Å²) in [5, 5.41) is 0. The van der Waals surface area contributed by atoms with Gasteiger partial charge in [0.25, 0.3) is 0 Å². The molecular weight excluding hydrogens is 231 g/mol. The summed E-state index contributed by atoms with van der Waals surface area (Å²) >= 11 is 0. The fraction of sp³-hybridized carbons (Fsp3) is 0.133. The van der Waals surface area contributed by atoms with E-state index in [1.165, 1.54) is 0 Å². The lowest BCUT2D eigenvalue weighted by atomic mass is 9.87. The van der Waals surface area contributed by atoms with Gasteiger partial charge in [-0.25, -0.2) is 9.18 Å². The van der Waals surface area contributed by atoms with Gasteiger partial charge in [-0.15, -0.1) is 0 Å². The van der Waals surface area contributed by atoms with Gasteiger partial charge in [-0.2, -0.15) is 0 Å². The number of halogens is 1. The van der Waals surface area contributed by atoms with Gasteiger partial charge in [-0.3, -0.25) is 0 Å². The Morgan fingerprint density at radius 2 is 1.67 bits per heavy atom. The smallest absolute Gasteiger partial charge is 0.354 e. The minimum absolute atomic E-state index is 0.0199. The van der Waals surface area contributed by atoms with E-state index in [1.54, 1.807) is 48.5 Å². The quantitative estimate of drug-likeness (QED) is 0.567. The molecule has 1 aliphatic heterocycles. The summed E-state index contributed by atoms with van der Waals surface area (Å²) in [6.07, 6.45) is 0.0199. The average molecular weight is 242 g/mol. The summed E-state index contributed by atoms with van der Waals surface area (Å²) in [6, 6.07) is 15.5. The van der Waals surface area contributed by atoms with Crippen molar-refractivity contribution in [2.24, 2.45) is 0 Å². The number of rotatable bonds is 1. The zero-order valence-electron chi connectivity index (χ0n) is 9.60. The normalized spacial score (nSPS) is 22.2. The van der Waals surface area contributed by atoms with Gasteiger partial charge in [-0.05, 0) is 11.6 Å². The van der Waals surface area contributed by atoms with E-state index < -0.39 is 11.6 Å². The van der Waals surface area contributed by atoms with Crippen molar-refractivity contribution in [2.75, 3.05) is 0 Å². The molecule has 0 saturated heterocycles. The number of alkyl halides is 1. The van der Waals surface area contributed by atoms with Gasteiger partial charge in [0.15, 0.2) is 0 Å². The molecule has 0 fully saturated rings. The molecule has 1 atom stereocenters. The van der Waals surface area contributed by atoms with Crippen LogP contribution in [0.4, 0.5) is 4.39 Å². The highest BCUT2D eigenvalue weighted by molar-refractivity contribution is 5.85. The largest absolute Gasteiger partial charge is 0.424 e. The van der Waals surface area contributed by atoms with Crippen LogP contribution in [-0.2, 0) is 16.9 Å². The maximum absolute atomic E-state index is 14.9. The Morgan fingerprint density at radius 3 is 2.44 bits per heavy atom. The number of carbonyl (C=O) groups is 1. The maximum atomic E-state index is 14.9. The van der Waals surface area contributed by atoms with Crippen LogP contribution in [0.25, 0.3) is 0 Å². The molecule has 0 aliphatic carbocycles. The molecule has 0 amide bonds. The van der Waals surface area contributed by atoms with Crippen LogP contribution in [0.3, 0.4) is 0 Å². The summed E-state index contributed by atoms with van der Waals surface area (Å²) in [5.74, 6) is -0.390. The molecule has 2 aromatic carbocycles. The van der Waals surface area contributed by atoms with Crippen LogP contribution in [0.2, 0.25) is 0 Å². The lowest BCUT2D eigenvalue weighted by Crippen LogP contribution is -2.40. The number of ether oxygens (including phenoxy) is 1. The third-order valence-corrected chi connectivity index (χ3v) is 3.16. The SMILES string of the molecule is O=C1Oc2ccccc2CC1(F)c1ccccc1. The number of carbonyl (C=O) groups excluding carboxylic acids is 1. The van der Waals surface area contributed by atoms with E-state index in [-0.39, 0.29) is 6.42 Å². The van der Waals surface area contributed by atoms with Gasteiger partial charge < -0.3 is 4.74 Å². The van der Waals surface area contributed by atoms with E-state index in [1.807, 2.05) is 6.07 Å². The van der Waals surface area contributed by atoms with Gasteiger partial charge in [0.05, 0.1) is 0 Å². The number of esters is 1. The summed E-state index contributed by atoms with van der Waals surface area (Å²) in [7, 11) is 0. The Hall–Kier alpha value is -2.16. The van der Waals surface area contributed by atoms with Crippen molar-refractivity contribution in [1.29, 1.82) is 0 Å². The number of fused-ring (bicyclic) bond motifs is 1. The number of para-hydroxylation sites is 1. The van der Waals surface area contributed by atoms with E-state index in [4.69, 9.17) is 4.74 Å². The molecule has 0 bridgehead atoms. The Bertz CT molecular complexity index is 594. The zero-order chi connectivity index (χ0) is 12.6. The Morgan fingerprint density at radius 1 is 1.00 bits per heavy atom. The molecule has 1 unspecified atom stereocenters. The molecule has 90 valence electrons. The van der Waals surface area contributed by atoms with E-state index in [0.717, 1.165) is 0 Å². The first kappa shape index (κ1) is 11.0. The summed E-state index contributed by atoms with van der Waals surface area (Å²) in [4.78, 5) is 11.9. The van der Waals surface area contributed by atoms with Gasteiger partial charge in [0, 0.05) is 12.0 Å². The second-order valence-corrected chi connectivity index (χ2v) is 4.34. The number of hydrogen-bond acceptors (Lipinski definition) is 2. The highest BCUT2D eigenvalue weighted by Gasteiger charge is 2.46. The van der Waals surface area contributed by atoms with Crippen molar-refractivity contribution in [1.82, 2.24) is 0 Å². The fourth-order valence-electron chi connectivity index (χ4n) is 2.19. The fourth-order valence-corrected chi connectivity index (χ4v) is 2.19. The molecule has 0 radical (unpaired) electrons. The predicted molar refractivity (Wildman–Crippen MR) is 65.0 cm³/mol. The Balaban J connectivity index is 2.07. The van der Waals surface area contributed by atoms with E-state index >= 15 is 0 Å². The van der Waals surface area contributed by atoms with Gasteiger partial charge in [0.1, 0.15) is 5.75 Å². The van der Waals surface area contributed by atoms with Crippen LogP contribution < -0.4 is 4.74 Å². The second kappa shape index (κ2) is 3.95. The van der Waals surface area contributed by atoms with Gasteiger partial charge in [-0.1, -0.05) is 48.5 Å². The van der Waals surface area contributed by atoms with E-state index in [0.29, 0.717) is 16.9 Å². The third kappa shape index (κ3) is 1.59. The lowest BCUT2D eigenvalue weighted by molar-refractivity contribution is -0.150. The first-order valence-electron chi connectivity index (χ1n) is 5.75. The Labute approximate surface area is 104 Å². The zero-order valence-corrected chi connectivity index (χ0v) is 9.60. The van der Waals surface area contributed by atoms with Crippen molar-refractivity contribution in [3.8, 4) is 5.75 Å². The van der Waals surface area contributed by atoms with Crippen molar-refractivity contribution in [3.63, 3.8) is 0 Å². The van der Waals surface area contributed by atoms with Crippen molar-refractivity contribution in [3.05, 3.63) is 65.7 Å². The molecule has 3 heteroatoms. The van der Waals surface area contributed by atoms with Crippen LogP contribution in [0, 0.1) is 0 Å². The summed E-state index contributed by atoms with van der Waals surface area (Å²) in [6.45, 7) is 0. The lowest BCUT2D eigenvalue weighted by Gasteiger charge is -2.29. The maximum Gasteiger partial charge on any atom is 0.354 e. The molecule has 0 N–H and O–H groups in total. The molecule has 1 heterocycles. The van der Waals surface area contributed by atoms with Gasteiger partial charge in [0.2, 0.25) is 5.67 Å². The molecule has 0 spiro atoms. The number of hydrogen-bond donors (Lipinski definition) is 0. The molecule has 0 saturated carbocycles. The minimum Gasteiger partial charge on any atom is -0.424 e.